The molecule has 0 unspecified atom stereocenters. The van der Waals surface area contributed by atoms with Gasteiger partial charge in [-0.1, -0.05) is 6.07 Å². The van der Waals surface area contributed by atoms with Gasteiger partial charge in [0.25, 0.3) is 5.91 Å². The topological polar surface area (TPSA) is 109 Å². The van der Waals surface area contributed by atoms with Crippen molar-refractivity contribution in [2.75, 3.05) is 0 Å². The summed E-state index contributed by atoms with van der Waals surface area (Å²) in [5.74, 6) is 0.833. The van der Waals surface area contributed by atoms with Crippen molar-refractivity contribution in [1.29, 1.82) is 0 Å². The largest absolute Gasteiger partial charge is 0.487 e. The Bertz CT molecular complexity index is 875. The number of halogens is 1. The van der Waals surface area contributed by atoms with Crippen LogP contribution in [0.4, 0.5) is 4.39 Å². The molecule has 8 nitrogen and oxygen atoms in total. The highest BCUT2D eigenvalue weighted by molar-refractivity contribution is 5.92. The average molecular weight is 344 g/mol. The maximum Gasteiger partial charge on any atom is 0.272 e. The minimum absolute atomic E-state index is 0.138. The SMILES string of the molecule is Cc1nc([C@H](C)NC(=O)c2cc(COc3cccc(F)c3)[nH]n2)n[nH]1. The molecule has 1 aromatic carbocycles. The predicted octanol–water partition coefficient (Wildman–Crippen LogP) is 2.05. The second-order valence-corrected chi connectivity index (χ2v) is 5.50. The Morgan fingerprint density at radius 1 is 1.32 bits per heavy atom. The number of amides is 1. The monoisotopic (exact) mass is 344 g/mol. The standard InChI is InChI=1S/C16H17FN6O2/c1-9(15-19-10(2)20-23-15)18-16(24)14-7-12(21-22-14)8-25-13-5-3-4-11(17)6-13/h3-7,9H,8H2,1-2H3,(H,18,24)(H,21,22)(H,19,20,23)/t9-/m0/s1. The summed E-state index contributed by atoms with van der Waals surface area (Å²) in [6, 6.07) is 7.04. The fraction of sp³-hybridized carbons (Fsp3) is 0.250. The fourth-order valence-electron chi connectivity index (χ4n) is 2.16. The number of rotatable bonds is 6. The molecule has 0 radical (unpaired) electrons. The van der Waals surface area contributed by atoms with E-state index in [4.69, 9.17) is 4.74 Å². The lowest BCUT2D eigenvalue weighted by atomic mass is 10.3. The molecular formula is C16H17FN6O2. The van der Waals surface area contributed by atoms with E-state index in [0.29, 0.717) is 23.1 Å². The van der Waals surface area contributed by atoms with Crippen molar-refractivity contribution < 1.29 is 13.9 Å². The summed E-state index contributed by atoms with van der Waals surface area (Å²) in [7, 11) is 0. The van der Waals surface area contributed by atoms with E-state index in [1.807, 2.05) is 0 Å². The van der Waals surface area contributed by atoms with E-state index in [1.54, 1.807) is 32.0 Å². The van der Waals surface area contributed by atoms with Gasteiger partial charge < -0.3 is 10.1 Å². The Balaban J connectivity index is 1.57. The number of H-pyrrole nitrogens is 2. The van der Waals surface area contributed by atoms with Crippen molar-refractivity contribution in [3.63, 3.8) is 0 Å². The van der Waals surface area contributed by atoms with Gasteiger partial charge in [0.1, 0.15) is 29.7 Å². The van der Waals surface area contributed by atoms with Crippen molar-refractivity contribution in [1.82, 2.24) is 30.7 Å². The van der Waals surface area contributed by atoms with E-state index in [-0.39, 0.29) is 30.1 Å². The van der Waals surface area contributed by atoms with E-state index >= 15 is 0 Å². The molecule has 0 saturated heterocycles. The van der Waals surface area contributed by atoms with Crippen LogP contribution in [0.5, 0.6) is 5.75 Å². The van der Waals surface area contributed by atoms with E-state index < -0.39 is 0 Å². The summed E-state index contributed by atoms with van der Waals surface area (Å²) in [6.07, 6.45) is 0. The summed E-state index contributed by atoms with van der Waals surface area (Å²) in [5.41, 5.74) is 0.813. The molecule has 0 fully saturated rings. The van der Waals surface area contributed by atoms with Crippen LogP contribution in [0.3, 0.4) is 0 Å². The summed E-state index contributed by atoms with van der Waals surface area (Å²) < 4.78 is 18.6. The Hall–Kier alpha value is -3.23. The molecule has 3 rings (SSSR count). The van der Waals surface area contributed by atoms with Gasteiger partial charge in [0.05, 0.1) is 11.7 Å². The molecule has 0 aliphatic rings. The molecule has 0 bridgehead atoms. The lowest BCUT2D eigenvalue weighted by molar-refractivity contribution is 0.0933. The smallest absolute Gasteiger partial charge is 0.272 e. The number of nitrogens with zero attached hydrogens (tertiary/aromatic N) is 3. The Morgan fingerprint density at radius 2 is 2.16 bits per heavy atom. The number of aromatic nitrogens is 5. The highest BCUT2D eigenvalue weighted by Gasteiger charge is 2.17. The predicted molar refractivity (Wildman–Crippen MR) is 86.3 cm³/mol. The summed E-state index contributed by atoms with van der Waals surface area (Å²) in [5, 5.41) is 16.2. The summed E-state index contributed by atoms with van der Waals surface area (Å²) in [4.78, 5) is 16.4. The average Bonchev–Trinajstić information content (AvgIpc) is 3.22. The fourth-order valence-corrected chi connectivity index (χ4v) is 2.16. The summed E-state index contributed by atoms with van der Waals surface area (Å²) >= 11 is 0. The minimum Gasteiger partial charge on any atom is -0.487 e. The number of hydrogen-bond acceptors (Lipinski definition) is 5. The quantitative estimate of drug-likeness (QED) is 0.634. The first-order chi connectivity index (χ1) is 12.0. The molecule has 25 heavy (non-hydrogen) atoms. The normalized spacial score (nSPS) is 12.0. The van der Waals surface area contributed by atoms with Crippen LogP contribution in [-0.2, 0) is 6.61 Å². The van der Waals surface area contributed by atoms with Crippen LogP contribution in [0.2, 0.25) is 0 Å². The zero-order valence-electron chi connectivity index (χ0n) is 13.7. The van der Waals surface area contributed by atoms with Gasteiger partial charge in [-0.25, -0.2) is 9.37 Å². The third-order valence-corrected chi connectivity index (χ3v) is 3.40. The second-order valence-electron chi connectivity index (χ2n) is 5.50. The molecule has 0 aliphatic heterocycles. The molecule has 0 spiro atoms. The lowest BCUT2D eigenvalue weighted by Gasteiger charge is -2.08. The van der Waals surface area contributed by atoms with E-state index in [9.17, 15) is 9.18 Å². The maximum atomic E-state index is 13.1. The maximum absolute atomic E-state index is 13.1. The van der Waals surface area contributed by atoms with E-state index in [2.05, 4.69) is 30.7 Å². The molecule has 1 amide bonds. The third-order valence-electron chi connectivity index (χ3n) is 3.40. The van der Waals surface area contributed by atoms with Crippen LogP contribution >= 0.6 is 0 Å². The Kier molecular flexibility index (Phi) is 4.73. The van der Waals surface area contributed by atoms with Crippen LogP contribution in [0.25, 0.3) is 0 Å². The number of nitrogens with one attached hydrogen (secondary N) is 3. The van der Waals surface area contributed by atoms with Gasteiger partial charge in [-0.3, -0.25) is 15.0 Å². The lowest BCUT2D eigenvalue weighted by Crippen LogP contribution is -2.27. The van der Waals surface area contributed by atoms with Crippen molar-refractivity contribution in [2.45, 2.75) is 26.5 Å². The second kappa shape index (κ2) is 7.12. The van der Waals surface area contributed by atoms with Crippen molar-refractivity contribution in [3.8, 4) is 5.75 Å². The molecule has 1 atom stereocenters. The number of aryl methyl sites for hydroxylation is 1. The number of ether oxygens (including phenoxy) is 1. The summed E-state index contributed by atoms with van der Waals surface area (Å²) in [6.45, 7) is 3.70. The van der Waals surface area contributed by atoms with Gasteiger partial charge in [-0.2, -0.15) is 10.2 Å². The molecule has 3 N–H and O–H groups in total. The van der Waals surface area contributed by atoms with Crippen molar-refractivity contribution >= 4 is 5.91 Å². The first-order valence-corrected chi connectivity index (χ1v) is 7.63. The molecule has 3 aromatic rings. The molecule has 130 valence electrons. The number of hydrogen-bond donors (Lipinski definition) is 3. The van der Waals surface area contributed by atoms with Gasteiger partial charge in [-0.15, -0.1) is 0 Å². The molecule has 0 aliphatic carbocycles. The van der Waals surface area contributed by atoms with E-state index in [0.717, 1.165) is 0 Å². The minimum atomic E-state index is -0.377. The third kappa shape index (κ3) is 4.19. The van der Waals surface area contributed by atoms with E-state index in [1.165, 1.54) is 12.1 Å². The first kappa shape index (κ1) is 16.6. The molecule has 9 heteroatoms. The van der Waals surface area contributed by atoms with Crippen LogP contribution in [0.15, 0.2) is 30.3 Å². The zero-order chi connectivity index (χ0) is 17.8. The van der Waals surface area contributed by atoms with Crippen LogP contribution in [0.1, 0.15) is 40.8 Å². The van der Waals surface area contributed by atoms with Gasteiger partial charge in [0.2, 0.25) is 0 Å². The molecular weight excluding hydrogens is 327 g/mol. The highest BCUT2D eigenvalue weighted by atomic mass is 19.1. The van der Waals surface area contributed by atoms with Gasteiger partial charge in [0.15, 0.2) is 5.82 Å². The number of carbonyl (C=O) groups is 1. The van der Waals surface area contributed by atoms with Crippen LogP contribution in [0, 0.1) is 12.7 Å². The zero-order valence-corrected chi connectivity index (χ0v) is 13.7. The number of carbonyl (C=O) groups excluding carboxylic acids is 1. The molecule has 0 saturated carbocycles. The van der Waals surface area contributed by atoms with Crippen molar-refractivity contribution in [3.05, 3.63) is 59.2 Å². The molecule has 2 aromatic heterocycles. The highest BCUT2D eigenvalue weighted by Crippen LogP contribution is 2.14. The van der Waals surface area contributed by atoms with Gasteiger partial charge >= 0.3 is 0 Å². The van der Waals surface area contributed by atoms with Crippen LogP contribution < -0.4 is 10.1 Å². The molecule has 2 heterocycles. The Morgan fingerprint density at radius 3 is 2.88 bits per heavy atom. The number of benzene rings is 1. The van der Waals surface area contributed by atoms with Crippen LogP contribution in [-0.4, -0.2) is 31.3 Å². The van der Waals surface area contributed by atoms with Gasteiger partial charge in [0, 0.05) is 6.07 Å². The Labute approximate surface area is 142 Å². The van der Waals surface area contributed by atoms with Gasteiger partial charge in [-0.05, 0) is 32.0 Å². The number of aromatic amines is 2. The first-order valence-electron chi connectivity index (χ1n) is 7.63. The van der Waals surface area contributed by atoms with Crippen molar-refractivity contribution in [2.24, 2.45) is 0 Å².